The van der Waals surface area contributed by atoms with Crippen LogP contribution in [0.3, 0.4) is 0 Å². The summed E-state index contributed by atoms with van der Waals surface area (Å²) >= 11 is 0. The number of hydrogen-bond acceptors (Lipinski definition) is 4. The summed E-state index contributed by atoms with van der Waals surface area (Å²) in [7, 11) is 0. The standard InChI is InChI=1S/C28H26N2O2/c29-28-17-13-22(19-30-28)10-14-25(31)18-21-11-15-26(16-12-21)32-20-24-8-4-5-9-27(24)23-6-2-1-3-7-23/h1-9,11-13,15-17,19H,10,14,18,20H2,(H2,29,30). The Morgan fingerprint density at radius 1 is 0.812 bits per heavy atom. The van der Waals surface area contributed by atoms with Crippen LogP contribution in [0.2, 0.25) is 0 Å². The lowest BCUT2D eigenvalue weighted by Crippen LogP contribution is -2.05. The molecule has 4 nitrogen and oxygen atoms in total. The van der Waals surface area contributed by atoms with E-state index in [1.807, 2.05) is 60.7 Å². The number of ether oxygens (including phenoxy) is 1. The van der Waals surface area contributed by atoms with Gasteiger partial charge in [0.15, 0.2) is 0 Å². The second kappa shape index (κ2) is 10.4. The van der Waals surface area contributed by atoms with E-state index < -0.39 is 0 Å². The first-order valence-corrected chi connectivity index (χ1v) is 10.7. The lowest BCUT2D eigenvalue weighted by atomic mass is 10.0. The lowest BCUT2D eigenvalue weighted by molar-refractivity contribution is -0.118. The number of carbonyl (C=O) groups excluding carboxylic acids is 1. The van der Waals surface area contributed by atoms with Gasteiger partial charge in [0.1, 0.15) is 24.0 Å². The highest BCUT2D eigenvalue weighted by Crippen LogP contribution is 2.25. The maximum atomic E-state index is 12.3. The number of aromatic nitrogens is 1. The van der Waals surface area contributed by atoms with Crippen LogP contribution in [-0.2, 0) is 24.2 Å². The molecule has 0 bridgehead atoms. The van der Waals surface area contributed by atoms with Crippen molar-refractivity contribution in [2.75, 3.05) is 5.73 Å². The molecule has 0 aliphatic heterocycles. The number of ketones is 1. The number of hydrogen-bond donors (Lipinski definition) is 1. The number of carbonyl (C=O) groups is 1. The third-order valence-corrected chi connectivity index (χ3v) is 5.36. The van der Waals surface area contributed by atoms with Gasteiger partial charge >= 0.3 is 0 Å². The molecule has 0 aliphatic rings. The number of Topliss-reactive ketones (excluding diaryl/α,β-unsaturated/α-hetero) is 1. The highest BCUT2D eigenvalue weighted by molar-refractivity contribution is 5.81. The van der Waals surface area contributed by atoms with Crippen LogP contribution in [-0.4, -0.2) is 10.8 Å². The molecular formula is C28H26N2O2. The number of benzene rings is 3. The van der Waals surface area contributed by atoms with Crippen molar-refractivity contribution in [1.29, 1.82) is 0 Å². The average molecular weight is 423 g/mol. The molecule has 3 aromatic carbocycles. The van der Waals surface area contributed by atoms with Crippen molar-refractivity contribution in [3.8, 4) is 16.9 Å². The Labute approximate surface area is 188 Å². The maximum Gasteiger partial charge on any atom is 0.137 e. The van der Waals surface area contributed by atoms with Gasteiger partial charge in [-0.05, 0) is 52.4 Å². The van der Waals surface area contributed by atoms with Crippen LogP contribution in [0, 0.1) is 0 Å². The van der Waals surface area contributed by atoms with Crippen molar-refractivity contribution in [2.24, 2.45) is 0 Å². The van der Waals surface area contributed by atoms with Crippen LogP contribution in [0.5, 0.6) is 5.75 Å². The number of anilines is 1. The Morgan fingerprint density at radius 3 is 2.28 bits per heavy atom. The SMILES string of the molecule is Nc1ccc(CCC(=O)Cc2ccc(OCc3ccccc3-c3ccccc3)cc2)cn1. The van der Waals surface area contributed by atoms with E-state index in [1.54, 1.807) is 12.3 Å². The molecule has 4 heteroatoms. The molecule has 160 valence electrons. The largest absolute Gasteiger partial charge is 0.489 e. The summed E-state index contributed by atoms with van der Waals surface area (Å²) in [5, 5.41) is 0. The van der Waals surface area contributed by atoms with Crippen molar-refractivity contribution in [1.82, 2.24) is 4.98 Å². The van der Waals surface area contributed by atoms with Crippen molar-refractivity contribution < 1.29 is 9.53 Å². The number of pyridine rings is 1. The summed E-state index contributed by atoms with van der Waals surface area (Å²) in [6.07, 6.45) is 3.30. The van der Waals surface area contributed by atoms with Gasteiger partial charge in [-0.3, -0.25) is 4.79 Å². The monoisotopic (exact) mass is 422 g/mol. The number of aryl methyl sites for hydroxylation is 1. The molecule has 4 aromatic rings. The highest BCUT2D eigenvalue weighted by atomic mass is 16.5. The molecule has 0 saturated heterocycles. The highest BCUT2D eigenvalue weighted by Gasteiger charge is 2.07. The van der Waals surface area contributed by atoms with Gasteiger partial charge in [-0.15, -0.1) is 0 Å². The first kappa shape index (κ1) is 21.3. The maximum absolute atomic E-state index is 12.3. The molecule has 0 fully saturated rings. The fraction of sp³-hybridized carbons (Fsp3) is 0.143. The predicted octanol–water partition coefficient (Wildman–Crippen LogP) is 5.65. The van der Waals surface area contributed by atoms with Gasteiger partial charge in [-0.1, -0.05) is 72.8 Å². The first-order chi connectivity index (χ1) is 15.7. The van der Waals surface area contributed by atoms with Gasteiger partial charge in [0.2, 0.25) is 0 Å². The second-order valence-electron chi connectivity index (χ2n) is 7.76. The van der Waals surface area contributed by atoms with Crippen LogP contribution >= 0.6 is 0 Å². The molecule has 1 aromatic heterocycles. The third kappa shape index (κ3) is 5.82. The summed E-state index contributed by atoms with van der Waals surface area (Å²) in [5.74, 6) is 1.48. The Morgan fingerprint density at radius 2 is 1.53 bits per heavy atom. The lowest BCUT2D eigenvalue weighted by Gasteiger charge is -2.12. The summed E-state index contributed by atoms with van der Waals surface area (Å²) in [4.78, 5) is 16.4. The topological polar surface area (TPSA) is 65.2 Å². The average Bonchev–Trinajstić information content (AvgIpc) is 2.84. The Hall–Kier alpha value is -3.92. The molecule has 0 amide bonds. The van der Waals surface area contributed by atoms with E-state index in [9.17, 15) is 4.79 Å². The van der Waals surface area contributed by atoms with Crippen LogP contribution < -0.4 is 10.5 Å². The summed E-state index contributed by atoms with van der Waals surface area (Å²) in [6, 6.07) is 30.0. The van der Waals surface area contributed by atoms with Crippen LogP contribution in [0.1, 0.15) is 23.1 Å². The van der Waals surface area contributed by atoms with E-state index in [0.717, 1.165) is 22.4 Å². The molecule has 0 unspecified atom stereocenters. The smallest absolute Gasteiger partial charge is 0.137 e. The molecule has 0 aliphatic carbocycles. The summed E-state index contributed by atoms with van der Waals surface area (Å²) < 4.78 is 6.03. The second-order valence-corrected chi connectivity index (χ2v) is 7.76. The van der Waals surface area contributed by atoms with Gasteiger partial charge in [0, 0.05) is 19.0 Å². The summed E-state index contributed by atoms with van der Waals surface area (Å²) in [5.41, 5.74) is 11.1. The van der Waals surface area contributed by atoms with Crippen molar-refractivity contribution in [3.63, 3.8) is 0 Å². The number of rotatable bonds is 9. The predicted molar refractivity (Wildman–Crippen MR) is 128 cm³/mol. The minimum absolute atomic E-state index is 0.201. The van der Waals surface area contributed by atoms with E-state index in [0.29, 0.717) is 31.7 Å². The van der Waals surface area contributed by atoms with E-state index >= 15 is 0 Å². The number of nitrogens with two attached hydrogens (primary N) is 1. The molecule has 0 radical (unpaired) electrons. The molecule has 4 rings (SSSR count). The van der Waals surface area contributed by atoms with Crippen molar-refractivity contribution in [3.05, 3.63) is 114 Å². The molecule has 0 saturated carbocycles. The molecule has 32 heavy (non-hydrogen) atoms. The Bertz CT molecular complexity index is 1150. The van der Waals surface area contributed by atoms with Gasteiger partial charge in [-0.2, -0.15) is 0 Å². The fourth-order valence-electron chi connectivity index (χ4n) is 3.59. The zero-order valence-electron chi connectivity index (χ0n) is 17.9. The number of nitrogen functional groups attached to an aromatic ring is 1. The molecule has 2 N–H and O–H groups in total. The minimum atomic E-state index is 0.201. The Balaban J connectivity index is 1.31. The quantitative estimate of drug-likeness (QED) is 0.378. The Kier molecular flexibility index (Phi) is 6.93. The number of nitrogens with zero attached hydrogens (tertiary/aromatic N) is 1. The van der Waals surface area contributed by atoms with Gasteiger partial charge in [0.05, 0.1) is 0 Å². The normalized spacial score (nSPS) is 10.6. The zero-order chi connectivity index (χ0) is 22.2. The fourth-order valence-corrected chi connectivity index (χ4v) is 3.59. The minimum Gasteiger partial charge on any atom is -0.489 e. The van der Waals surface area contributed by atoms with Crippen molar-refractivity contribution in [2.45, 2.75) is 25.9 Å². The summed E-state index contributed by atoms with van der Waals surface area (Å²) in [6.45, 7) is 0.485. The third-order valence-electron chi connectivity index (χ3n) is 5.36. The van der Waals surface area contributed by atoms with Crippen LogP contribution in [0.4, 0.5) is 5.82 Å². The zero-order valence-corrected chi connectivity index (χ0v) is 17.9. The molecule has 0 spiro atoms. The van der Waals surface area contributed by atoms with Gasteiger partial charge < -0.3 is 10.5 Å². The van der Waals surface area contributed by atoms with Gasteiger partial charge in [0.25, 0.3) is 0 Å². The van der Waals surface area contributed by atoms with E-state index in [1.165, 1.54) is 11.1 Å². The van der Waals surface area contributed by atoms with Crippen molar-refractivity contribution >= 4 is 11.6 Å². The van der Waals surface area contributed by atoms with E-state index in [-0.39, 0.29) is 5.78 Å². The van der Waals surface area contributed by atoms with Crippen LogP contribution in [0.15, 0.2) is 97.2 Å². The molecule has 0 atom stereocenters. The molecule has 1 heterocycles. The first-order valence-electron chi connectivity index (χ1n) is 10.7. The van der Waals surface area contributed by atoms with E-state index in [4.69, 9.17) is 10.5 Å². The van der Waals surface area contributed by atoms with E-state index in [2.05, 4.69) is 29.2 Å². The molecular weight excluding hydrogens is 396 g/mol. The van der Waals surface area contributed by atoms with Gasteiger partial charge in [-0.25, -0.2) is 4.98 Å². The van der Waals surface area contributed by atoms with Crippen LogP contribution in [0.25, 0.3) is 11.1 Å².